The summed E-state index contributed by atoms with van der Waals surface area (Å²) in [5.41, 5.74) is 0. The third-order valence-electron chi connectivity index (χ3n) is 1.50. The molecule has 0 bridgehead atoms. The van der Waals surface area contributed by atoms with E-state index in [-0.39, 0.29) is 0 Å². The van der Waals surface area contributed by atoms with Crippen molar-refractivity contribution in [1.29, 1.82) is 0 Å². The van der Waals surface area contributed by atoms with Gasteiger partial charge in [-0.25, -0.2) is 0 Å². The molecule has 1 rings (SSSR count). The molecule has 0 saturated carbocycles. The highest BCUT2D eigenvalue weighted by atomic mass is 16.5. The normalized spacial score (nSPS) is 33.0. The molecule has 1 aliphatic heterocycles. The molecule has 1 fully saturated rings. The van der Waals surface area contributed by atoms with Crippen LogP contribution in [0.15, 0.2) is 0 Å². The summed E-state index contributed by atoms with van der Waals surface area (Å²) in [5, 5.41) is 0. The van der Waals surface area contributed by atoms with E-state index in [1.54, 1.807) is 0 Å². The minimum atomic E-state index is 0.478. The zero-order valence-corrected chi connectivity index (χ0v) is 5.55. The Morgan fingerprint density at radius 1 is 1.62 bits per heavy atom. The van der Waals surface area contributed by atoms with Gasteiger partial charge >= 0.3 is 0 Å². The maximum absolute atomic E-state index is 5.32. The first-order chi connectivity index (χ1) is 3.79. The van der Waals surface area contributed by atoms with Crippen molar-refractivity contribution in [2.45, 2.75) is 19.4 Å². The Labute approximate surface area is 50.4 Å². The quantitative estimate of drug-likeness (QED) is 0.460. The molecule has 0 N–H and O–H groups in total. The van der Waals surface area contributed by atoms with Gasteiger partial charge in [-0.2, -0.15) is 0 Å². The third-order valence-corrected chi connectivity index (χ3v) is 1.50. The summed E-state index contributed by atoms with van der Waals surface area (Å²) in [7, 11) is 2.08. The maximum Gasteiger partial charge on any atom is 0.0991 e. The fraction of sp³-hybridized carbons (Fsp3) is 1.00. The molecule has 1 heterocycles. The van der Waals surface area contributed by atoms with E-state index in [1.165, 1.54) is 13.0 Å². The molecule has 1 saturated heterocycles. The van der Waals surface area contributed by atoms with Crippen LogP contribution < -0.4 is 0 Å². The third kappa shape index (κ3) is 1.46. The predicted molar refractivity (Wildman–Crippen MR) is 32.7 cm³/mol. The zero-order valence-electron chi connectivity index (χ0n) is 5.55. The summed E-state index contributed by atoms with van der Waals surface area (Å²) in [6, 6.07) is 0. The van der Waals surface area contributed by atoms with Crippen molar-refractivity contribution in [3.8, 4) is 0 Å². The largest absolute Gasteiger partial charge is 0.363 e. The fourth-order valence-electron chi connectivity index (χ4n) is 0.805. The maximum atomic E-state index is 5.32. The lowest BCUT2D eigenvalue weighted by Gasteiger charge is -2.26. The molecule has 0 aromatic heterocycles. The van der Waals surface area contributed by atoms with Gasteiger partial charge < -0.3 is 4.74 Å². The number of hydrogen-bond donors (Lipinski definition) is 0. The van der Waals surface area contributed by atoms with E-state index >= 15 is 0 Å². The minimum absolute atomic E-state index is 0.478. The van der Waals surface area contributed by atoms with Crippen LogP contribution in [0.25, 0.3) is 0 Å². The van der Waals surface area contributed by atoms with Crippen LogP contribution >= 0.6 is 0 Å². The van der Waals surface area contributed by atoms with Crippen molar-refractivity contribution >= 4 is 0 Å². The average Bonchev–Trinajstić information content (AvgIpc) is 1.77. The van der Waals surface area contributed by atoms with Crippen LogP contribution in [0.4, 0.5) is 0 Å². The second-order valence-corrected chi connectivity index (χ2v) is 2.47. The smallest absolute Gasteiger partial charge is 0.0991 e. The second-order valence-electron chi connectivity index (χ2n) is 2.47. The summed E-state index contributed by atoms with van der Waals surface area (Å²) >= 11 is 0. The van der Waals surface area contributed by atoms with Crippen molar-refractivity contribution in [2.75, 3.05) is 20.3 Å². The highest BCUT2D eigenvalue weighted by molar-refractivity contribution is 4.58. The summed E-state index contributed by atoms with van der Waals surface area (Å²) in [6.45, 7) is 4.11. The van der Waals surface area contributed by atoms with Gasteiger partial charge in [0.15, 0.2) is 0 Å². The van der Waals surface area contributed by atoms with E-state index < -0.39 is 0 Å². The van der Waals surface area contributed by atoms with Crippen molar-refractivity contribution < 1.29 is 4.74 Å². The molecule has 1 atom stereocenters. The van der Waals surface area contributed by atoms with E-state index in [2.05, 4.69) is 18.9 Å². The molecule has 0 amide bonds. The summed E-state index contributed by atoms with van der Waals surface area (Å²) < 4.78 is 5.32. The predicted octanol–water partition coefficient (Wildman–Crippen LogP) is 0.684. The molecular formula is C6H13NO. The van der Waals surface area contributed by atoms with Crippen LogP contribution in [-0.4, -0.2) is 31.3 Å². The first-order valence-electron chi connectivity index (χ1n) is 3.09. The Balaban J connectivity index is 2.19. The zero-order chi connectivity index (χ0) is 5.98. The summed E-state index contributed by atoms with van der Waals surface area (Å²) in [5.74, 6) is 0. The molecule has 0 radical (unpaired) electrons. The first kappa shape index (κ1) is 6.05. The first-order valence-corrected chi connectivity index (χ1v) is 3.09. The van der Waals surface area contributed by atoms with E-state index in [0.717, 1.165) is 6.73 Å². The SMILES string of the molecule is C[C@@H]1CCN(C)CO1. The minimum Gasteiger partial charge on any atom is -0.363 e. The van der Waals surface area contributed by atoms with Gasteiger partial charge in [-0.05, 0) is 20.4 Å². The standard InChI is InChI=1S/C6H13NO/c1-6-3-4-7(2)5-8-6/h6H,3-5H2,1-2H3/t6-/m1/s1. The van der Waals surface area contributed by atoms with Crippen molar-refractivity contribution in [3.63, 3.8) is 0 Å². The van der Waals surface area contributed by atoms with Crippen LogP contribution in [0, 0.1) is 0 Å². The van der Waals surface area contributed by atoms with Gasteiger partial charge in [0, 0.05) is 6.54 Å². The lowest BCUT2D eigenvalue weighted by molar-refractivity contribution is -0.0485. The Morgan fingerprint density at radius 2 is 2.38 bits per heavy atom. The van der Waals surface area contributed by atoms with Gasteiger partial charge in [0.25, 0.3) is 0 Å². The lowest BCUT2D eigenvalue weighted by atomic mass is 10.2. The van der Waals surface area contributed by atoms with E-state index in [1.807, 2.05) is 0 Å². The number of hydrogen-bond acceptors (Lipinski definition) is 2. The van der Waals surface area contributed by atoms with Crippen LogP contribution in [0.2, 0.25) is 0 Å². The van der Waals surface area contributed by atoms with Gasteiger partial charge in [-0.3, -0.25) is 4.90 Å². The van der Waals surface area contributed by atoms with Crippen molar-refractivity contribution in [2.24, 2.45) is 0 Å². The van der Waals surface area contributed by atoms with Crippen LogP contribution in [-0.2, 0) is 4.74 Å². The molecule has 0 aromatic rings. The van der Waals surface area contributed by atoms with Crippen LogP contribution in [0.1, 0.15) is 13.3 Å². The number of rotatable bonds is 0. The van der Waals surface area contributed by atoms with Gasteiger partial charge in [-0.15, -0.1) is 0 Å². The summed E-state index contributed by atoms with van der Waals surface area (Å²) in [4.78, 5) is 2.18. The topological polar surface area (TPSA) is 12.5 Å². The highest BCUT2D eigenvalue weighted by Gasteiger charge is 2.10. The van der Waals surface area contributed by atoms with Crippen LogP contribution in [0.5, 0.6) is 0 Å². The molecule has 48 valence electrons. The van der Waals surface area contributed by atoms with E-state index in [0.29, 0.717) is 6.10 Å². The number of ether oxygens (including phenoxy) is 1. The molecule has 0 unspecified atom stereocenters. The monoisotopic (exact) mass is 115 g/mol. The molecule has 8 heavy (non-hydrogen) atoms. The second kappa shape index (κ2) is 2.46. The van der Waals surface area contributed by atoms with Crippen LogP contribution in [0.3, 0.4) is 0 Å². The molecule has 1 aliphatic rings. The van der Waals surface area contributed by atoms with Gasteiger partial charge in [0.2, 0.25) is 0 Å². The van der Waals surface area contributed by atoms with Gasteiger partial charge in [0.1, 0.15) is 0 Å². The van der Waals surface area contributed by atoms with Gasteiger partial charge in [0.05, 0.1) is 12.8 Å². The molecule has 2 heteroatoms. The number of nitrogens with zero attached hydrogens (tertiary/aromatic N) is 1. The average molecular weight is 115 g/mol. The van der Waals surface area contributed by atoms with E-state index in [9.17, 15) is 0 Å². The lowest BCUT2D eigenvalue weighted by Crippen LogP contribution is -2.33. The Morgan fingerprint density at radius 3 is 2.75 bits per heavy atom. The summed E-state index contributed by atoms with van der Waals surface area (Å²) in [6.07, 6.45) is 1.66. The Kier molecular flexibility index (Phi) is 1.86. The Bertz CT molecular complexity index is 56.9. The molecule has 2 nitrogen and oxygen atoms in total. The van der Waals surface area contributed by atoms with E-state index in [4.69, 9.17) is 4.74 Å². The van der Waals surface area contributed by atoms with Gasteiger partial charge in [-0.1, -0.05) is 0 Å². The molecular weight excluding hydrogens is 102 g/mol. The fourth-order valence-corrected chi connectivity index (χ4v) is 0.805. The molecule has 0 aromatic carbocycles. The van der Waals surface area contributed by atoms with Crippen molar-refractivity contribution in [1.82, 2.24) is 4.90 Å². The highest BCUT2D eigenvalue weighted by Crippen LogP contribution is 2.05. The van der Waals surface area contributed by atoms with Crippen molar-refractivity contribution in [3.05, 3.63) is 0 Å². The molecule has 0 aliphatic carbocycles. The Hall–Kier alpha value is -0.0800. The molecule has 0 spiro atoms.